The van der Waals surface area contributed by atoms with Crippen LogP contribution < -0.4 is 10.6 Å². The lowest BCUT2D eigenvalue weighted by atomic mass is 10.2. The molecule has 2 rings (SSSR count). The summed E-state index contributed by atoms with van der Waals surface area (Å²) in [4.78, 5) is 21.1. The van der Waals surface area contributed by atoms with Gasteiger partial charge in [0, 0.05) is 13.6 Å². The highest BCUT2D eigenvalue weighted by molar-refractivity contribution is 14.0. The van der Waals surface area contributed by atoms with E-state index < -0.39 is 0 Å². The van der Waals surface area contributed by atoms with Crippen LogP contribution in [0.2, 0.25) is 0 Å². The first kappa shape index (κ1) is 23.3. The van der Waals surface area contributed by atoms with Crippen LogP contribution in [0.3, 0.4) is 0 Å². The Morgan fingerprint density at radius 2 is 2.04 bits per heavy atom. The molecule has 1 unspecified atom stereocenters. The van der Waals surface area contributed by atoms with Gasteiger partial charge in [-0.1, -0.05) is 12.1 Å². The third-order valence-electron chi connectivity index (χ3n) is 3.59. The van der Waals surface area contributed by atoms with Gasteiger partial charge in [-0.3, -0.25) is 4.99 Å². The number of esters is 1. The molecule has 6 nitrogen and oxygen atoms in total. The average Bonchev–Trinajstić information content (AvgIpc) is 3.02. The summed E-state index contributed by atoms with van der Waals surface area (Å²) in [5.41, 5.74) is 1.60. The van der Waals surface area contributed by atoms with Crippen LogP contribution in [0, 0.1) is 12.7 Å². The van der Waals surface area contributed by atoms with Crippen LogP contribution in [0.15, 0.2) is 29.3 Å². The van der Waals surface area contributed by atoms with E-state index in [1.54, 1.807) is 33.0 Å². The van der Waals surface area contributed by atoms with Gasteiger partial charge in [-0.15, -0.1) is 35.3 Å². The largest absolute Gasteiger partial charge is 0.462 e. The fraction of sp³-hybridized carbons (Fsp3) is 0.389. The van der Waals surface area contributed by atoms with Gasteiger partial charge in [0.2, 0.25) is 0 Å². The molecule has 1 aromatic carbocycles. The second-order valence-corrected chi connectivity index (χ2v) is 6.64. The third-order valence-corrected chi connectivity index (χ3v) is 4.91. The topological polar surface area (TPSA) is 75.6 Å². The van der Waals surface area contributed by atoms with Crippen molar-refractivity contribution in [2.24, 2.45) is 4.99 Å². The molecule has 1 atom stereocenters. The molecule has 27 heavy (non-hydrogen) atoms. The van der Waals surface area contributed by atoms with Crippen molar-refractivity contribution in [1.29, 1.82) is 0 Å². The SMILES string of the molecule is CCOC(=O)c1sc(C(C)NC(=NC)NCc2ccc(F)cc2)nc1C.I. The maximum absolute atomic E-state index is 13.0. The molecular formula is C18H24FIN4O2S. The van der Waals surface area contributed by atoms with Gasteiger partial charge in [0.15, 0.2) is 5.96 Å². The van der Waals surface area contributed by atoms with Crippen LogP contribution >= 0.6 is 35.3 Å². The molecule has 0 radical (unpaired) electrons. The number of ether oxygens (including phenoxy) is 1. The Morgan fingerprint density at radius 3 is 2.63 bits per heavy atom. The van der Waals surface area contributed by atoms with Crippen molar-refractivity contribution >= 4 is 47.2 Å². The van der Waals surface area contributed by atoms with E-state index in [0.29, 0.717) is 29.7 Å². The van der Waals surface area contributed by atoms with Crippen molar-refractivity contribution in [2.75, 3.05) is 13.7 Å². The van der Waals surface area contributed by atoms with E-state index in [2.05, 4.69) is 20.6 Å². The van der Waals surface area contributed by atoms with Crippen LogP contribution in [0.4, 0.5) is 4.39 Å². The summed E-state index contributed by atoms with van der Waals surface area (Å²) in [6.45, 7) is 6.35. The Kier molecular flexibility index (Phi) is 9.64. The second kappa shape index (κ2) is 11.2. The number of aromatic nitrogens is 1. The Labute approximate surface area is 179 Å². The highest BCUT2D eigenvalue weighted by Crippen LogP contribution is 2.24. The quantitative estimate of drug-likeness (QED) is 0.270. The van der Waals surface area contributed by atoms with Gasteiger partial charge in [0.1, 0.15) is 15.7 Å². The van der Waals surface area contributed by atoms with Gasteiger partial charge < -0.3 is 15.4 Å². The molecule has 0 bridgehead atoms. The molecule has 2 aromatic rings. The zero-order valence-electron chi connectivity index (χ0n) is 15.7. The van der Waals surface area contributed by atoms with Crippen LogP contribution in [0.1, 0.15) is 45.8 Å². The number of halogens is 2. The average molecular weight is 506 g/mol. The number of guanidine groups is 1. The maximum Gasteiger partial charge on any atom is 0.350 e. The molecular weight excluding hydrogens is 482 g/mol. The van der Waals surface area contributed by atoms with Crippen molar-refractivity contribution in [3.05, 3.63) is 51.2 Å². The summed E-state index contributed by atoms with van der Waals surface area (Å²) in [5, 5.41) is 7.18. The van der Waals surface area contributed by atoms with E-state index in [1.165, 1.54) is 23.5 Å². The molecule has 9 heteroatoms. The van der Waals surface area contributed by atoms with Gasteiger partial charge >= 0.3 is 5.97 Å². The Hall–Kier alpha value is -1.75. The first-order valence-corrected chi connectivity index (χ1v) is 9.12. The zero-order chi connectivity index (χ0) is 19.1. The van der Waals surface area contributed by atoms with Crippen LogP contribution in [0.5, 0.6) is 0 Å². The Morgan fingerprint density at radius 1 is 1.37 bits per heavy atom. The highest BCUT2D eigenvalue weighted by Gasteiger charge is 2.20. The van der Waals surface area contributed by atoms with Gasteiger partial charge in [0.25, 0.3) is 0 Å². The minimum absolute atomic E-state index is 0. The number of hydrogen-bond acceptors (Lipinski definition) is 5. The standard InChI is InChI=1S/C18H23FN4O2S.HI/c1-5-25-17(24)15-11(2)22-16(26-15)12(3)23-18(20-4)21-10-13-6-8-14(19)9-7-13;/h6-9,12H,5,10H2,1-4H3,(H2,20,21,23);1H. The lowest BCUT2D eigenvalue weighted by molar-refractivity contribution is 0.0531. The first-order chi connectivity index (χ1) is 12.4. The first-order valence-electron chi connectivity index (χ1n) is 8.30. The number of hydrogen-bond donors (Lipinski definition) is 2. The number of carbonyl (C=O) groups excluding carboxylic acids is 1. The fourth-order valence-corrected chi connectivity index (χ4v) is 3.20. The second-order valence-electron chi connectivity index (χ2n) is 5.61. The van der Waals surface area contributed by atoms with E-state index in [9.17, 15) is 9.18 Å². The highest BCUT2D eigenvalue weighted by atomic mass is 127. The lowest BCUT2D eigenvalue weighted by Crippen LogP contribution is -2.38. The number of benzene rings is 1. The summed E-state index contributed by atoms with van der Waals surface area (Å²) in [5.74, 6) is -0.0199. The Bertz CT molecular complexity index is 780. The van der Waals surface area contributed by atoms with Gasteiger partial charge in [0.05, 0.1) is 18.3 Å². The molecule has 2 N–H and O–H groups in total. The summed E-state index contributed by atoms with van der Waals surface area (Å²) < 4.78 is 18.0. The molecule has 0 aliphatic rings. The number of carbonyl (C=O) groups is 1. The number of rotatable bonds is 6. The van der Waals surface area contributed by atoms with Crippen molar-refractivity contribution < 1.29 is 13.9 Å². The molecule has 0 aliphatic carbocycles. The van der Waals surface area contributed by atoms with Crippen LogP contribution in [-0.2, 0) is 11.3 Å². The molecule has 0 aliphatic heterocycles. The fourth-order valence-electron chi connectivity index (χ4n) is 2.24. The zero-order valence-corrected chi connectivity index (χ0v) is 18.9. The van der Waals surface area contributed by atoms with Crippen molar-refractivity contribution in [2.45, 2.75) is 33.4 Å². The minimum atomic E-state index is -0.347. The van der Waals surface area contributed by atoms with Gasteiger partial charge in [-0.25, -0.2) is 14.2 Å². The predicted molar refractivity (Wildman–Crippen MR) is 116 cm³/mol. The van der Waals surface area contributed by atoms with Crippen molar-refractivity contribution in [1.82, 2.24) is 15.6 Å². The smallest absolute Gasteiger partial charge is 0.350 e. The van der Waals surface area contributed by atoms with Crippen molar-refractivity contribution in [3.63, 3.8) is 0 Å². The molecule has 148 valence electrons. The summed E-state index contributed by atoms with van der Waals surface area (Å²) in [7, 11) is 1.67. The van der Waals surface area contributed by atoms with E-state index in [-0.39, 0.29) is 41.8 Å². The van der Waals surface area contributed by atoms with E-state index in [4.69, 9.17) is 4.74 Å². The lowest BCUT2D eigenvalue weighted by Gasteiger charge is -2.16. The molecule has 0 fully saturated rings. The molecule has 1 heterocycles. The third kappa shape index (κ3) is 6.73. The van der Waals surface area contributed by atoms with Gasteiger partial charge in [-0.2, -0.15) is 0 Å². The summed E-state index contributed by atoms with van der Waals surface area (Å²) >= 11 is 1.31. The monoisotopic (exact) mass is 506 g/mol. The van der Waals surface area contributed by atoms with Gasteiger partial charge in [-0.05, 0) is 38.5 Å². The van der Waals surface area contributed by atoms with E-state index in [1.807, 2.05) is 6.92 Å². The normalized spacial score (nSPS) is 12.1. The number of nitrogens with one attached hydrogen (secondary N) is 2. The van der Waals surface area contributed by atoms with Crippen LogP contribution in [-0.4, -0.2) is 30.6 Å². The van der Waals surface area contributed by atoms with Crippen molar-refractivity contribution in [3.8, 4) is 0 Å². The van der Waals surface area contributed by atoms with E-state index >= 15 is 0 Å². The van der Waals surface area contributed by atoms with Crippen LogP contribution in [0.25, 0.3) is 0 Å². The predicted octanol–water partition coefficient (Wildman–Crippen LogP) is 3.81. The minimum Gasteiger partial charge on any atom is -0.462 e. The van der Waals surface area contributed by atoms with E-state index in [0.717, 1.165) is 10.6 Å². The summed E-state index contributed by atoms with van der Waals surface area (Å²) in [6.07, 6.45) is 0. The molecule has 0 amide bonds. The molecule has 0 saturated heterocycles. The maximum atomic E-state index is 13.0. The Balaban J connectivity index is 0.00000364. The molecule has 0 spiro atoms. The number of nitrogens with zero attached hydrogens (tertiary/aromatic N) is 2. The summed E-state index contributed by atoms with van der Waals surface area (Å²) in [6, 6.07) is 6.14. The molecule has 0 saturated carbocycles. The number of thiazole rings is 1. The molecule has 1 aromatic heterocycles. The number of aliphatic imine (C=N–C) groups is 1. The number of aryl methyl sites for hydroxylation is 1.